The highest BCUT2D eigenvalue weighted by molar-refractivity contribution is 7.89. The highest BCUT2D eigenvalue weighted by atomic mass is 32.2. The Kier molecular flexibility index (Phi) is 4.59. The number of benzene rings is 1. The van der Waals surface area contributed by atoms with E-state index in [0.29, 0.717) is 18.8 Å². The number of hydrogen-bond acceptors (Lipinski definition) is 4. The van der Waals surface area contributed by atoms with Crippen molar-refractivity contribution in [3.8, 4) is 0 Å². The number of hydrogen-bond donors (Lipinski definition) is 2. The van der Waals surface area contributed by atoms with E-state index in [1.54, 1.807) is 0 Å². The van der Waals surface area contributed by atoms with Crippen molar-refractivity contribution in [2.75, 3.05) is 18.4 Å². The molecule has 0 aromatic heterocycles. The van der Waals surface area contributed by atoms with Crippen LogP contribution < -0.4 is 10.5 Å². The van der Waals surface area contributed by atoms with Gasteiger partial charge in [-0.2, -0.15) is 0 Å². The molecule has 114 valence electrons. The van der Waals surface area contributed by atoms with Crippen LogP contribution in [0.15, 0.2) is 29.2 Å². The number of amides is 2. The summed E-state index contributed by atoms with van der Waals surface area (Å²) in [5, 5.41) is 7.43. The maximum Gasteiger partial charge on any atom is 0.313 e. The van der Waals surface area contributed by atoms with Crippen LogP contribution in [0.4, 0.5) is 5.69 Å². The Morgan fingerprint density at radius 3 is 2.14 bits per heavy atom. The van der Waals surface area contributed by atoms with Gasteiger partial charge in [0.15, 0.2) is 0 Å². The van der Waals surface area contributed by atoms with Gasteiger partial charge in [0, 0.05) is 18.8 Å². The summed E-state index contributed by atoms with van der Waals surface area (Å²) in [4.78, 5) is 25.2. The van der Waals surface area contributed by atoms with Crippen LogP contribution >= 0.6 is 0 Å². The number of carbonyl (C=O) groups is 2. The van der Waals surface area contributed by atoms with Crippen molar-refractivity contribution in [1.29, 1.82) is 0 Å². The minimum absolute atomic E-state index is 0.0529. The molecule has 1 saturated heterocycles. The fourth-order valence-corrected chi connectivity index (χ4v) is 2.67. The lowest BCUT2D eigenvalue weighted by Crippen LogP contribution is -2.42. The second kappa shape index (κ2) is 6.23. The Labute approximate surface area is 123 Å². The Morgan fingerprint density at radius 1 is 1.05 bits per heavy atom. The standard InChI is InChI=1S/C13H17N3O4S/c14-21(19,20)11-6-4-10(5-7-11)15-12(17)13(18)16-8-2-1-3-9-16/h4-7H,1-3,8-9H2,(H,15,17)(H2,14,19,20). The third-order valence-electron chi connectivity index (χ3n) is 3.28. The number of carbonyl (C=O) groups excluding carboxylic acids is 2. The molecule has 8 heteroatoms. The lowest BCUT2D eigenvalue weighted by atomic mass is 10.1. The third-order valence-corrected chi connectivity index (χ3v) is 4.21. The van der Waals surface area contributed by atoms with Crippen LogP contribution in [0.25, 0.3) is 0 Å². The van der Waals surface area contributed by atoms with Crippen LogP contribution in [0.2, 0.25) is 0 Å². The number of nitrogens with one attached hydrogen (secondary N) is 1. The third kappa shape index (κ3) is 4.02. The van der Waals surface area contributed by atoms with Gasteiger partial charge in [0.05, 0.1) is 4.90 Å². The highest BCUT2D eigenvalue weighted by Crippen LogP contribution is 2.14. The molecule has 0 saturated carbocycles. The zero-order valence-electron chi connectivity index (χ0n) is 11.4. The van der Waals surface area contributed by atoms with Gasteiger partial charge in [-0.1, -0.05) is 0 Å². The average Bonchev–Trinajstić information content (AvgIpc) is 2.47. The van der Waals surface area contributed by atoms with E-state index in [1.165, 1.54) is 29.2 Å². The van der Waals surface area contributed by atoms with E-state index >= 15 is 0 Å². The molecular formula is C13H17N3O4S. The van der Waals surface area contributed by atoms with Crippen molar-refractivity contribution in [3.63, 3.8) is 0 Å². The molecule has 1 aromatic carbocycles. The summed E-state index contributed by atoms with van der Waals surface area (Å²) in [6.07, 6.45) is 2.88. The predicted molar refractivity (Wildman–Crippen MR) is 76.9 cm³/mol. The van der Waals surface area contributed by atoms with Gasteiger partial charge < -0.3 is 10.2 Å². The summed E-state index contributed by atoms with van der Waals surface area (Å²) in [7, 11) is -3.77. The number of sulfonamides is 1. The van der Waals surface area contributed by atoms with Crippen LogP contribution in [0.3, 0.4) is 0 Å². The number of rotatable bonds is 2. The molecule has 0 spiro atoms. The van der Waals surface area contributed by atoms with Gasteiger partial charge >= 0.3 is 11.8 Å². The first-order valence-electron chi connectivity index (χ1n) is 6.61. The maximum atomic E-state index is 11.9. The monoisotopic (exact) mass is 311 g/mol. The predicted octanol–water partition coefficient (Wildman–Crippen LogP) is 0.285. The highest BCUT2D eigenvalue weighted by Gasteiger charge is 2.23. The molecule has 1 aromatic rings. The zero-order chi connectivity index (χ0) is 15.5. The van der Waals surface area contributed by atoms with E-state index in [9.17, 15) is 18.0 Å². The molecule has 7 nitrogen and oxygen atoms in total. The van der Waals surface area contributed by atoms with Crippen molar-refractivity contribution in [3.05, 3.63) is 24.3 Å². The molecule has 0 radical (unpaired) electrons. The number of primary sulfonamides is 1. The van der Waals surface area contributed by atoms with Crippen LogP contribution in [0.5, 0.6) is 0 Å². The SMILES string of the molecule is NS(=O)(=O)c1ccc(NC(=O)C(=O)N2CCCCC2)cc1. The molecule has 1 fully saturated rings. The minimum Gasteiger partial charge on any atom is -0.334 e. The topological polar surface area (TPSA) is 110 Å². The molecule has 21 heavy (non-hydrogen) atoms. The summed E-state index contributed by atoms with van der Waals surface area (Å²) >= 11 is 0. The summed E-state index contributed by atoms with van der Waals surface area (Å²) in [5.74, 6) is -1.29. The summed E-state index contributed by atoms with van der Waals surface area (Å²) in [5.41, 5.74) is 0.345. The average molecular weight is 311 g/mol. The minimum atomic E-state index is -3.77. The lowest BCUT2D eigenvalue weighted by Gasteiger charge is -2.25. The molecule has 0 unspecified atom stereocenters. The van der Waals surface area contributed by atoms with Gasteiger partial charge in [0.1, 0.15) is 0 Å². The van der Waals surface area contributed by atoms with E-state index in [0.717, 1.165) is 19.3 Å². The van der Waals surface area contributed by atoms with Gasteiger partial charge in [-0.15, -0.1) is 0 Å². The Bertz CT molecular complexity index is 634. The molecule has 1 heterocycles. The molecule has 1 aliphatic heterocycles. The second-order valence-electron chi connectivity index (χ2n) is 4.88. The molecule has 0 bridgehead atoms. The van der Waals surface area contributed by atoms with Gasteiger partial charge in [0.25, 0.3) is 0 Å². The first-order chi connectivity index (χ1) is 9.88. The van der Waals surface area contributed by atoms with Crippen molar-refractivity contribution >= 4 is 27.5 Å². The second-order valence-corrected chi connectivity index (χ2v) is 6.44. The van der Waals surface area contributed by atoms with E-state index in [-0.39, 0.29) is 4.90 Å². The van der Waals surface area contributed by atoms with Gasteiger partial charge in [-0.25, -0.2) is 13.6 Å². The van der Waals surface area contributed by atoms with Gasteiger partial charge in [-0.3, -0.25) is 9.59 Å². The first-order valence-corrected chi connectivity index (χ1v) is 8.16. The normalized spacial score (nSPS) is 15.6. The zero-order valence-corrected chi connectivity index (χ0v) is 12.2. The van der Waals surface area contributed by atoms with Crippen LogP contribution in [0.1, 0.15) is 19.3 Å². The van der Waals surface area contributed by atoms with Gasteiger partial charge in [0.2, 0.25) is 10.0 Å². The molecule has 2 rings (SSSR count). The number of nitrogens with two attached hydrogens (primary N) is 1. The lowest BCUT2D eigenvalue weighted by molar-refractivity contribution is -0.143. The fourth-order valence-electron chi connectivity index (χ4n) is 2.15. The number of likely N-dealkylation sites (tertiary alicyclic amines) is 1. The fraction of sp³-hybridized carbons (Fsp3) is 0.385. The van der Waals surface area contributed by atoms with E-state index < -0.39 is 21.8 Å². The molecule has 0 aliphatic carbocycles. The quantitative estimate of drug-likeness (QED) is 0.765. The number of piperidine rings is 1. The number of anilines is 1. The smallest absolute Gasteiger partial charge is 0.313 e. The Hall–Kier alpha value is -1.93. The first kappa shape index (κ1) is 15.5. The Balaban J connectivity index is 2.00. The van der Waals surface area contributed by atoms with E-state index in [4.69, 9.17) is 5.14 Å². The van der Waals surface area contributed by atoms with Crippen LogP contribution in [-0.4, -0.2) is 38.2 Å². The largest absolute Gasteiger partial charge is 0.334 e. The van der Waals surface area contributed by atoms with Gasteiger partial charge in [-0.05, 0) is 43.5 Å². The molecule has 3 N–H and O–H groups in total. The maximum absolute atomic E-state index is 11.9. The molecule has 0 atom stereocenters. The van der Waals surface area contributed by atoms with Crippen LogP contribution in [-0.2, 0) is 19.6 Å². The van der Waals surface area contributed by atoms with Crippen molar-refractivity contribution < 1.29 is 18.0 Å². The van der Waals surface area contributed by atoms with Crippen molar-refractivity contribution in [1.82, 2.24) is 4.90 Å². The summed E-state index contributed by atoms with van der Waals surface area (Å²) in [6.45, 7) is 1.19. The van der Waals surface area contributed by atoms with E-state index in [2.05, 4.69) is 5.32 Å². The summed E-state index contributed by atoms with van der Waals surface area (Å²) in [6, 6.07) is 5.33. The van der Waals surface area contributed by atoms with Crippen LogP contribution in [0, 0.1) is 0 Å². The van der Waals surface area contributed by atoms with Crippen molar-refractivity contribution in [2.24, 2.45) is 5.14 Å². The molecular weight excluding hydrogens is 294 g/mol. The molecule has 1 aliphatic rings. The molecule has 2 amide bonds. The Morgan fingerprint density at radius 2 is 1.62 bits per heavy atom. The number of nitrogens with zero attached hydrogens (tertiary/aromatic N) is 1. The van der Waals surface area contributed by atoms with Crippen molar-refractivity contribution in [2.45, 2.75) is 24.2 Å². The van der Waals surface area contributed by atoms with E-state index in [1.807, 2.05) is 0 Å². The summed E-state index contributed by atoms with van der Waals surface area (Å²) < 4.78 is 22.2.